The molecule has 0 saturated carbocycles. The predicted octanol–water partition coefficient (Wildman–Crippen LogP) is 2.98. The number of hydrogen-bond donors (Lipinski definition) is 0. The van der Waals surface area contributed by atoms with Crippen LogP contribution in [0.3, 0.4) is 0 Å². The Morgan fingerprint density at radius 1 is 0.906 bits per heavy atom. The highest BCUT2D eigenvalue weighted by molar-refractivity contribution is 7.89. The molecule has 0 atom stereocenters. The maximum absolute atomic E-state index is 13.4. The van der Waals surface area contributed by atoms with Crippen LogP contribution in [0.5, 0.6) is 5.75 Å². The number of benzene rings is 1. The Kier molecular flexibility index (Phi) is 6.12. The molecule has 3 aromatic rings. The molecule has 4 rings (SSSR count). The molecule has 0 aliphatic carbocycles. The second-order valence-corrected chi connectivity index (χ2v) is 9.76. The van der Waals surface area contributed by atoms with Crippen molar-refractivity contribution in [3.05, 3.63) is 59.3 Å². The van der Waals surface area contributed by atoms with E-state index in [1.54, 1.807) is 23.7 Å². The number of aryl methyl sites for hydroxylation is 1. The summed E-state index contributed by atoms with van der Waals surface area (Å²) >= 11 is 0. The highest BCUT2D eigenvalue weighted by Gasteiger charge is 2.31. The van der Waals surface area contributed by atoms with Gasteiger partial charge in [-0.2, -0.15) is 4.31 Å². The molecule has 0 spiro atoms. The van der Waals surface area contributed by atoms with Gasteiger partial charge in [-0.05, 0) is 67.8 Å². The molecule has 1 aromatic carbocycles. The van der Waals surface area contributed by atoms with Crippen LogP contribution in [0.25, 0.3) is 11.4 Å². The van der Waals surface area contributed by atoms with Crippen LogP contribution in [0.4, 0.5) is 5.82 Å². The van der Waals surface area contributed by atoms with Gasteiger partial charge in [-0.3, -0.25) is 4.98 Å². The number of methoxy groups -OCH3 is 1. The third kappa shape index (κ3) is 4.05. The number of ether oxygens (including phenoxy) is 1. The van der Waals surface area contributed by atoms with Crippen LogP contribution in [0.2, 0.25) is 0 Å². The molecule has 168 valence electrons. The minimum Gasteiger partial charge on any atom is -0.496 e. The molecular formula is C23H27N5O3S. The van der Waals surface area contributed by atoms with E-state index in [0.717, 1.165) is 34.0 Å². The molecule has 0 N–H and O–H groups in total. The zero-order valence-corrected chi connectivity index (χ0v) is 19.6. The molecule has 1 fully saturated rings. The van der Waals surface area contributed by atoms with Crippen molar-refractivity contribution in [2.75, 3.05) is 38.2 Å². The Morgan fingerprint density at radius 2 is 1.66 bits per heavy atom. The second-order valence-electron chi connectivity index (χ2n) is 7.86. The molecule has 9 heteroatoms. The van der Waals surface area contributed by atoms with Crippen LogP contribution < -0.4 is 9.64 Å². The van der Waals surface area contributed by atoms with Gasteiger partial charge >= 0.3 is 0 Å². The average Bonchev–Trinajstić information content (AvgIpc) is 2.82. The van der Waals surface area contributed by atoms with Crippen LogP contribution in [-0.2, 0) is 10.0 Å². The minimum absolute atomic E-state index is 0.348. The fraction of sp³-hybridized carbons (Fsp3) is 0.348. The summed E-state index contributed by atoms with van der Waals surface area (Å²) in [4.78, 5) is 6.69. The van der Waals surface area contributed by atoms with Crippen LogP contribution in [0.1, 0.15) is 16.7 Å². The zero-order chi connectivity index (χ0) is 22.9. The number of sulfonamides is 1. The Hall–Kier alpha value is -3.04. The summed E-state index contributed by atoms with van der Waals surface area (Å²) in [5, 5.41) is 8.62. The number of pyridine rings is 1. The smallest absolute Gasteiger partial charge is 0.243 e. The fourth-order valence-corrected chi connectivity index (χ4v) is 5.83. The van der Waals surface area contributed by atoms with E-state index in [-0.39, 0.29) is 0 Å². The highest BCUT2D eigenvalue weighted by atomic mass is 32.2. The zero-order valence-electron chi connectivity index (χ0n) is 18.7. The Morgan fingerprint density at radius 3 is 2.25 bits per heavy atom. The molecule has 0 bridgehead atoms. The first kappa shape index (κ1) is 22.2. The van der Waals surface area contributed by atoms with E-state index in [1.165, 1.54) is 0 Å². The van der Waals surface area contributed by atoms with Crippen molar-refractivity contribution in [2.45, 2.75) is 25.7 Å². The van der Waals surface area contributed by atoms with Gasteiger partial charge < -0.3 is 9.64 Å². The molecule has 1 saturated heterocycles. The third-order valence-corrected chi connectivity index (χ3v) is 7.97. The molecular weight excluding hydrogens is 426 g/mol. The molecule has 0 amide bonds. The molecule has 1 aliphatic rings. The summed E-state index contributed by atoms with van der Waals surface area (Å²) in [6, 6.07) is 11.2. The lowest BCUT2D eigenvalue weighted by Gasteiger charge is -2.34. The van der Waals surface area contributed by atoms with E-state index >= 15 is 0 Å². The van der Waals surface area contributed by atoms with E-state index in [2.05, 4.69) is 20.1 Å². The van der Waals surface area contributed by atoms with Gasteiger partial charge in [0.1, 0.15) is 11.4 Å². The third-order valence-electron chi connectivity index (χ3n) is 5.94. The fourth-order valence-electron chi connectivity index (χ4n) is 4.04. The summed E-state index contributed by atoms with van der Waals surface area (Å²) in [6.07, 6.45) is 1.72. The summed E-state index contributed by atoms with van der Waals surface area (Å²) in [5.74, 6) is 1.47. The van der Waals surface area contributed by atoms with Crippen molar-refractivity contribution in [3.8, 4) is 17.1 Å². The monoisotopic (exact) mass is 453 g/mol. The molecule has 1 aliphatic heterocycles. The van der Waals surface area contributed by atoms with Crippen LogP contribution >= 0.6 is 0 Å². The first-order valence-corrected chi connectivity index (χ1v) is 11.9. The maximum Gasteiger partial charge on any atom is 0.243 e. The maximum atomic E-state index is 13.4. The Balaban J connectivity index is 1.49. The van der Waals surface area contributed by atoms with Crippen molar-refractivity contribution >= 4 is 15.8 Å². The normalized spacial score (nSPS) is 15.1. The number of aromatic nitrogens is 3. The quantitative estimate of drug-likeness (QED) is 0.587. The predicted molar refractivity (Wildman–Crippen MR) is 123 cm³/mol. The molecule has 0 radical (unpaired) electrons. The van der Waals surface area contributed by atoms with Crippen molar-refractivity contribution in [2.24, 2.45) is 0 Å². The summed E-state index contributed by atoms with van der Waals surface area (Å²) in [6.45, 7) is 7.46. The topological polar surface area (TPSA) is 88.5 Å². The number of rotatable bonds is 5. The second kappa shape index (κ2) is 8.84. The van der Waals surface area contributed by atoms with Gasteiger partial charge in [0.05, 0.1) is 17.7 Å². The lowest BCUT2D eigenvalue weighted by molar-refractivity contribution is 0.382. The standard InChI is InChI=1S/C23H27N5O3S/c1-16-15-21(17(2)18(3)23(16)31-4)32(29,30)28-13-11-27(12-14-28)22-9-8-20(25-26-22)19-7-5-6-10-24-19/h5-10,15H,11-14H2,1-4H3. The number of hydrogen-bond acceptors (Lipinski definition) is 7. The molecule has 2 aromatic heterocycles. The van der Waals surface area contributed by atoms with Gasteiger partial charge in [0, 0.05) is 32.4 Å². The number of anilines is 1. The SMILES string of the molecule is COc1c(C)cc(S(=O)(=O)N2CCN(c3ccc(-c4ccccn4)nn3)CC2)c(C)c1C. The van der Waals surface area contributed by atoms with E-state index in [0.29, 0.717) is 36.8 Å². The molecule has 32 heavy (non-hydrogen) atoms. The van der Waals surface area contributed by atoms with Gasteiger partial charge in [-0.25, -0.2) is 8.42 Å². The van der Waals surface area contributed by atoms with Gasteiger partial charge in [-0.1, -0.05) is 6.07 Å². The highest BCUT2D eigenvalue weighted by Crippen LogP contribution is 2.32. The largest absolute Gasteiger partial charge is 0.496 e. The van der Waals surface area contributed by atoms with E-state index < -0.39 is 10.0 Å². The van der Waals surface area contributed by atoms with Crippen molar-refractivity contribution in [3.63, 3.8) is 0 Å². The van der Waals surface area contributed by atoms with Crippen LogP contribution in [0.15, 0.2) is 47.5 Å². The lowest BCUT2D eigenvalue weighted by atomic mass is 10.1. The van der Waals surface area contributed by atoms with E-state index in [1.807, 2.05) is 51.1 Å². The molecule has 3 heterocycles. The molecule has 8 nitrogen and oxygen atoms in total. The lowest BCUT2D eigenvalue weighted by Crippen LogP contribution is -2.49. The first-order valence-electron chi connectivity index (χ1n) is 10.5. The Labute approximate surface area is 188 Å². The van der Waals surface area contributed by atoms with Crippen molar-refractivity contribution < 1.29 is 13.2 Å². The van der Waals surface area contributed by atoms with Crippen LogP contribution in [-0.4, -0.2) is 61.2 Å². The molecule has 0 unspecified atom stereocenters. The van der Waals surface area contributed by atoms with Crippen molar-refractivity contribution in [1.29, 1.82) is 0 Å². The van der Waals surface area contributed by atoms with Gasteiger partial charge in [0.2, 0.25) is 10.0 Å². The summed E-state index contributed by atoms with van der Waals surface area (Å²) in [5.41, 5.74) is 3.87. The van der Waals surface area contributed by atoms with Gasteiger partial charge in [0.25, 0.3) is 0 Å². The summed E-state index contributed by atoms with van der Waals surface area (Å²) < 4.78 is 33.8. The Bertz CT molecular complexity index is 1210. The van der Waals surface area contributed by atoms with Gasteiger partial charge in [0.15, 0.2) is 5.82 Å². The van der Waals surface area contributed by atoms with E-state index in [4.69, 9.17) is 4.74 Å². The van der Waals surface area contributed by atoms with Crippen LogP contribution in [0, 0.1) is 20.8 Å². The average molecular weight is 454 g/mol. The number of piperazine rings is 1. The van der Waals surface area contributed by atoms with Gasteiger partial charge in [-0.15, -0.1) is 10.2 Å². The first-order chi connectivity index (χ1) is 15.3. The summed E-state index contributed by atoms with van der Waals surface area (Å²) in [7, 11) is -2.00. The minimum atomic E-state index is -3.60. The van der Waals surface area contributed by atoms with Crippen molar-refractivity contribution in [1.82, 2.24) is 19.5 Å². The van der Waals surface area contributed by atoms with E-state index in [9.17, 15) is 8.42 Å². The number of nitrogens with zero attached hydrogens (tertiary/aromatic N) is 5.